The van der Waals surface area contributed by atoms with Crippen molar-refractivity contribution in [2.45, 2.75) is 31.9 Å². The molecule has 4 heteroatoms. The Kier molecular flexibility index (Phi) is 4.21. The van der Waals surface area contributed by atoms with Crippen LogP contribution in [0.5, 0.6) is 0 Å². The van der Waals surface area contributed by atoms with Crippen LogP contribution in [0, 0.1) is 0 Å². The Bertz CT molecular complexity index is 449. The van der Waals surface area contributed by atoms with Crippen molar-refractivity contribution in [3.63, 3.8) is 0 Å². The summed E-state index contributed by atoms with van der Waals surface area (Å²) in [5.74, 6) is 0. The van der Waals surface area contributed by atoms with Gasteiger partial charge >= 0.3 is 6.09 Å². The molecule has 0 unspecified atom stereocenters. The van der Waals surface area contributed by atoms with Crippen LogP contribution in [-0.4, -0.2) is 48.1 Å². The van der Waals surface area contributed by atoms with Gasteiger partial charge in [0.25, 0.3) is 0 Å². The number of rotatable bonds is 2. The molecule has 2 heterocycles. The smallest absolute Gasteiger partial charge is 0.410 e. The zero-order valence-electron chi connectivity index (χ0n) is 11.8. The van der Waals surface area contributed by atoms with Crippen molar-refractivity contribution in [1.29, 1.82) is 0 Å². The fourth-order valence-corrected chi connectivity index (χ4v) is 3.13. The molecule has 4 nitrogen and oxygen atoms in total. The van der Waals surface area contributed by atoms with Gasteiger partial charge in [0, 0.05) is 25.7 Å². The molecule has 2 fully saturated rings. The molecule has 1 aromatic rings. The van der Waals surface area contributed by atoms with E-state index in [0.29, 0.717) is 12.6 Å². The van der Waals surface area contributed by atoms with Gasteiger partial charge in [-0.05, 0) is 24.9 Å². The Balaban J connectivity index is 1.50. The number of fused-ring (bicyclic) bond motifs is 1. The van der Waals surface area contributed by atoms with Crippen molar-refractivity contribution < 1.29 is 9.53 Å². The van der Waals surface area contributed by atoms with Crippen molar-refractivity contribution in [3.05, 3.63) is 35.9 Å². The largest absolute Gasteiger partial charge is 0.445 e. The van der Waals surface area contributed by atoms with Gasteiger partial charge in [0.15, 0.2) is 0 Å². The summed E-state index contributed by atoms with van der Waals surface area (Å²) in [5.41, 5.74) is 1.04. The van der Waals surface area contributed by atoms with Crippen LogP contribution in [0.25, 0.3) is 0 Å². The Morgan fingerprint density at radius 2 is 2.00 bits per heavy atom. The number of carbonyl (C=O) groups excluding carboxylic acids is 1. The lowest BCUT2D eigenvalue weighted by Crippen LogP contribution is -2.56. The van der Waals surface area contributed by atoms with Crippen LogP contribution in [-0.2, 0) is 11.3 Å². The van der Waals surface area contributed by atoms with E-state index in [1.165, 1.54) is 25.8 Å². The lowest BCUT2D eigenvalue weighted by atomic mass is 10.00. The second kappa shape index (κ2) is 6.27. The first-order valence-electron chi connectivity index (χ1n) is 7.52. The van der Waals surface area contributed by atoms with Crippen LogP contribution in [0.3, 0.4) is 0 Å². The lowest BCUT2D eigenvalue weighted by Gasteiger charge is -2.43. The molecule has 20 heavy (non-hydrogen) atoms. The van der Waals surface area contributed by atoms with Crippen LogP contribution in [0.1, 0.15) is 24.8 Å². The predicted octanol–water partition coefficient (Wildman–Crippen LogP) is 2.49. The Morgan fingerprint density at radius 1 is 1.15 bits per heavy atom. The minimum atomic E-state index is -0.168. The van der Waals surface area contributed by atoms with Crippen molar-refractivity contribution in [1.82, 2.24) is 9.80 Å². The average Bonchev–Trinajstić information content (AvgIpc) is 2.53. The third kappa shape index (κ3) is 3.12. The lowest BCUT2D eigenvalue weighted by molar-refractivity contribution is 0.0331. The van der Waals surface area contributed by atoms with E-state index in [9.17, 15) is 4.79 Å². The van der Waals surface area contributed by atoms with Crippen molar-refractivity contribution >= 4 is 6.09 Å². The minimum Gasteiger partial charge on any atom is -0.445 e. The number of piperidine rings is 1. The van der Waals surface area contributed by atoms with E-state index in [0.717, 1.165) is 25.2 Å². The summed E-state index contributed by atoms with van der Waals surface area (Å²) in [7, 11) is 0. The maximum absolute atomic E-state index is 12.1. The topological polar surface area (TPSA) is 32.8 Å². The summed E-state index contributed by atoms with van der Waals surface area (Å²) in [6, 6.07) is 10.4. The molecule has 108 valence electrons. The zero-order valence-corrected chi connectivity index (χ0v) is 11.8. The fourth-order valence-electron chi connectivity index (χ4n) is 3.13. The number of amides is 1. The highest BCUT2D eigenvalue weighted by Gasteiger charge is 2.31. The second-order valence-corrected chi connectivity index (χ2v) is 5.67. The number of carbonyl (C=O) groups is 1. The number of hydrogen-bond acceptors (Lipinski definition) is 3. The van der Waals surface area contributed by atoms with E-state index >= 15 is 0 Å². The molecule has 0 saturated carbocycles. The summed E-state index contributed by atoms with van der Waals surface area (Å²) < 4.78 is 5.42. The van der Waals surface area contributed by atoms with Gasteiger partial charge in [-0.25, -0.2) is 4.79 Å². The van der Waals surface area contributed by atoms with Gasteiger partial charge < -0.3 is 9.64 Å². The molecule has 0 aliphatic carbocycles. The maximum atomic E-state index is 12.1. The molecule has 0 N–H and O–H groups in total. The summed E-state index contributed by atoms with van der Waals surface area (Å²) in [6.07, 6.45) is 3.63. The number of hydrogen-bond donors (Lipinski definition) is 0. The number of nitrogens with zero attached hydrogens (tertiary/aromatic N) is 2. The van der Waals surface area contributed by atoms with E-state index in [2.05, 4.69) is 4.90 Å². The first-order valence-corrected chi connectivity index (χ1v) is 7.52. The molecule has 3 rings (SSSR count). The van der Waals surface area contributed by atoms with Crippen molar-refractivity contribution in [2.24, 2.45) is 0 Å². The Morgan fingerprint density at radius 3 is 2.85 bits per heavy atom. The molecule has 0 bridgehead atoms. The van der Waals surface area contributed by atoms with Gasteiger partial charge in [-0.15, -0.1) is 0 Å². The third-order valence-corrected chi connectivity index (χ3v) is 4.30. The molecule has 1 aromatic carbocycles. The van der Waals surface area contributed by atoms with E-state index in [1.807, 2.05) is 35.2 Å². The highest BCUT2D eigenvalue weighted by atomic mass is 16.6. The van der Waals surface area contributed by atoms with Crippen molar-refractivity contribution in [2.75, 3.05) is 26.2 Å². The van der Waals surface area contributed by atoms with Gasteiger partial charge in [-0.3, -0.25) is 4.90 Å². The molecule has 1 amide bonds. The van der Waals surface area contributed by atoms with Gasteiger partial charge in [0.2, 0.25) is 0 Å². The van der Waals surface area contributed by atoms with Gasteiger partial charge in [-0.2, -0.15) is 0 Å². The van der Waals surface area contributed by atoms with Gasteiger partial charge in [-0.1, -0.05) is 36.8 Å². The third-order valence-electron chi connectivity index (χ3n) is 4.30. The number of ether oxygens (including phenoxy) is 1. The van der Waals surface area contributed by atoms with Crippen LogP contribution >= 0.6 is 0 Å². The summed E-state index contributed by atoms with van der Waals surface area (Å²) in [4.78, 5) is 16.5. The van der Waals surface area contributed by atoms with E-state index in [4.69, 9.17) is 4.74 Å². The van der Waals surface area contributed by atoms with Crippen LogP contribution in [0.15, 0.2) is 30.3 Å². The fraction of sp³-hybridized carbons (Fsp3) is 0.562. The van der Waals surface area contributed by atoms with Gasteiger partial charge in [0.05, 0.1) is 0 Å². The Hall–Kier alpha value is -1.55. The van der Waals surface area contributed by atoms with Crippen LogP contribution in [0.2, 0.25) is 0 Å². The van der Waals surface area contributed by atoms with Crippen LogP contribution in [0.4, 0.5) is 4.79 Å². The molecule has 0 spiro atoms. The average molecular weight is 274 g/mol. The molecule has 0 radical (unpaired) electrons. The van der Waals surface area contributed by atoms with Gasteiger partial charge in [0.1, 0.15) is 6.61 Å². The minimum absolute atomic E-state index is 0.168. The summed E-state index contributed by atoms with van der Waals surface area (Å²) in [6.45, 7) is 4.17. The monoisotopic (exact) mass is 274 g/mol. The molecular formula is C16H22N2O2. The first kappa shape index (κ1) is 13.4. The highest BCUT2D eigenvalue weighted by Crippen LogP contribution is 2.21. The predicted molar refractivity (Wildman–Crippen MR) is 77.4 cm³/mol. The summed E-state index contributed by atoms with van der Waals surface area (Å²) in [5, 5.41) is 0. The number of benzene rings is 1. The molecule has 1 atom stereocenters. The first-order chi connectivity index (χ1) is 9.83. The van der Waals surface area contributed by atoms with Crippen LogP contribution < -0.4 is 0 Å². The van der Waals surface area contributed by atoms with E-state index < -0.39 is 0 Å². The molecule has 0 aromatic heterocycles. The Labute approximate surface area is 120 Å². The highest BCUT2D eigenvalue weighted by molar-refractivity contribution is 5.67. The maximum Gasteiger partial charge on any atom is 0.410 e. The van der Waals surface area contributed by atoms with E-state index in [1.54, 1.807) is 0 Å². The normalized spacial score (nSPS) is 23.2. The quantitative estimate of drug-likeness (QED) is 0.830. The standard InChI is InChI=1S/C16H22N2O2/c19-16(20-13-14-6-2-1-3-7-14)18-11-10-17-9-5-4-8-15(17)12-18/h1-3,6-7,15H,4-5,8-13H2/t15-/m1/s1. The molecule has 2 aliphatic heterocycles. The zero-order chi connectivity index (χ0) is 13.8. The van der Waals surface area contributed by atoms with Crippen molar-refractivity contribution in [3.8, 4) is 0 Å². The molecule has 2 saturated heterocycles. The molecule has 2 aliphatic rings. The SMILES string of the molecule is O=C(OCc1ccccc1)N1CCN2CCCC[C@@H]2C1. The molecular weight excluding hydrogens is 252 g/mol. The summed E-state index contributed by atoms with van der Waals surface area (Å²) >= 11 is 0. The number of piperazine rings is 1. The second-order valence-electron chi connectivity index (χ2n) is 5.67. The van der Waals surface area contributed by atoms with E-state index in [-0.39, 0.29) is 6.09 Å².